The fraction of sp³-hybridized carbons (Fsp3) is 0.500. The molecule has 0 aromatic heterocycles. The monoisotopic (exact) mass is 231 g/mol. The number of aryl methyl sites for hydroxylation is 1. The lowest BCUT2D eigenvalue weighted by Crippen LogP contribution is -2.15. The van der Waals surface area contributed by atoms with Crippen molar-refractivity contribution in [1.29, 1.82) is 0 Å². The van der Waals surface area contributed by atoms with Crippen LogP contribution in [-0.2, 0) is 13.0 Å². The number of allylic oxidation sites excluding steroid dienone is 1. The Balaban J connectivity index is 2.26. The molecule has 1 heteroatoms. The second-order valence-corrected chi connectivity index (χ2v) is 4.40. The summed E-state index contributed by atoms with van der Waals surface area (Å²) in [5.41, 5.74) is 4.33. The van der Waals surface area contributed by atoms with Crippen LogP contribution in [0.5, 0.6) is 0 Å². The molecular formula is C16H25N. The molecule has 1 aromatic carbocycles. The Bertz CT molecular complexity index is 335. The second kappa shape index (κ2) is 8.08. The fourth-order valence-electron chi connectivity index (χ4n) is 1.90. The molecule has 0 saturated heterocycles. The highest BCUT2D eigenvalue weighted by atomic mass is 14.8. The summed E-state index contributed by atoms with van der Waals surface area (Å²) in [5.74, 6) is 0. The molecule has 0 unspecified atom stereocenters. The first-order valence-electron chi connectivity index (χ1n) is 6.72. The molecular weight excluding hydrogens is 206 g/mol. The fourth-order valence-corrected chi connectivity index (χ4v) is 1.90. The zero-order valence-corrected chi connectivity index (χ0v) is 11.4. The standard InChI is InChI=1S/C16H25N/c1-4-14(5-2)11-12-17-13-16-9-7-15(6-3)8-10-16/h4,7-10,17H,5-6,11-13H2,1-3H3/b14-4-. The lowest BCUT2D eigenvalue weighted by atomic mass is 10.1. The Hall–Kier alpha value is -1.08. The Morgan fingerprint density at radius 1 is 1.12 bits per heavy atom. The van der Waals surface area contributed by atoms with Gasteiger partial charge in [-0.2, -0.15) is 0 Å². The van der Waals surface area contributed by atoms with Crippen molar-refractivity contribution in [2.24, 2.45) is 0 Å². The largest absolute Gasteiger partial charge is 0.312 e. The van der Waals surface area contributed by atoms with Gasteiger partial charge in [0.05, 0.1) is 0 Å². The van der Waals surface area contributed by atoms with Crippen LogP contribution in [0.1, 0.15) is 44.7 Å². The van der Waals surface area contributed by atoms with E-state index in [0.29, 0.717) is 0 Å². The van der Waals surface area contributed by atoms with Crippen LogP contribution in [0.4, 0.5) is 0 Å². The molecule has 1 N–H and O–H groups in total. The van der Waals surface area contributed by atoms with Crippen LogP contribution < -0.4 is 5.32 Å². The minimum atomic E-state index is 0.977. The van der Waals surface area contributed by atoms with Crippen molar-refractivity contribution in [2.75, 3.05) is 6.54 Å². The lowest BCUT2D eigenvalue weighted by Gasteiger charge is -2.07. The Morgan fingerprint density at radius 3 is 2.29 bits per heavy atom. The molecule has 0 amide bonds. The molecule has 0 aliphatic heterocycles. The summed E-state index contributed by atoms with van der Waals surface area (Å²) < 4.78 is 0. The number of hydrogen-bond donors (Lipinski definition) is 1. The van der Waals surface area contributed by atoms with Crippen LogP contribution >= 0.6 is 0 Å². The van der Waals surface area contributed by atoms with Crippen molar-refractivity contribution >= 4 is 0 Å². The van der Waals surface area contributed by atoms with Crippen LogP contribution in [0, 0.1) is 0 Å². The number of benzene rings is 1. The maximum atomic E-state index is 3.50. The molecule has 1 aromatic rings. The van der Waals surface area contributed by atoms with E-state index in [1.807, 2.05) is 0 Å². The van der Waals surface area contributed by atoms with Gasteiger partial charge in [0.1, 0.15) is 0 Å². The SMILES string of the molecule is C/C=C(/CC)CCNCc1ccc(CC)cc1. The summed E-state index contributed by atoms with van der Waals surface area (Å²) >= 11 is 0. The molecule has 0 bridgehead atoms. The highest BCUT2D eigenvalue weighted by Crippen LogP contribution is 2.06. The topological polar surface area (TPSA) is 12.0 Å². The molecule has 0 fully saturated rings. The van der Waals surface area contributed by atoms with E-state index in [0.717, 1.165) is 19.5 Å². The number of hydrogen-bond acceptors (Lipinski definition) is 1. The van der Waals surface area contributed by atoms with Gasteiger partial charge in [-0.25, -0.2) is 0 Å². The van der Waals surface area contributed by atoms with E-state index in [9.17, 15) is 0 Å². The normalized spacial score (nSPS) is 11.8. The molecule has 94 valence electrons. The van der Waals surface area contributed by atoms with Gasteiger partial charge in [-0.1, -0.05) is 49.8 Å². The molecule has 1 nitrogen and oxygen atoms in total. The van der Waals surface area contributed by atoms with Crippen molar-refractivity contribution in [2.45, 2.75) is 46.6 Å². The molecule has 0 aliphatic carbocycles. The van der Waals surface area contributed by atoms with Gasteiger partial charge >= 0.3 is 0 Å². The minimum absolute atomic E-state index is 0.977. The number of nitrogens with one attached hydrogen (secondary N) is 1. The molecule has 1 rings (SSSR count). The van der Waals surface area contributed by atoms with E-state index in [-0.39, 0.29) is 0 Å². The van der Waals surface area contributed by atoms with E-state index < -0.39 is 0 Å². The third kappa shape index (κ3) is 5.18. The summed E-state index contributed by atoms with van der Waals surface area (Å²) in [6.07, 6.45) is 5.69. The summed E-state index contributed by atoms with van der Waals surface area (Å²) in [6.45, 7) is 8.59. The van der Waals surface area contributed by atoms with Gasteiger partial charge < -0.3 is 5.32 Å². The van der Waals surface area contributed by atoms with Gasteiger partial charge in [-0.3, -0.25) is 0 Å². The highest BCUT2D eigenvalue weighted by Gasteiger charge is 1.95. The van der Waals surface area contributed by atoms with Crippen LogP contribution in [-0.4, -0.2) is 6.54 Å². The van der Waals surface area contributed by atoms with E-state index >= 15 is 0 Å². The zero-order valence-electron chi connectivity index (χ0n) is 11.4. The van der Waals surface area contributed by atoms with Crippen LogP contribution in [0.15, 0.2) is 35.9 Å². The Kier molecular flexibility index (Phi) is 6.64. The second-order valence-electron chi connectivity index (χ2n) is 4.40. The average Bonchev–Trinajstić information content (AvgIpc) is 2.40. The van der Waals surface area contributed by atoms with Gasteiger partial charge in [0.2, 0.25) is 0 Å². The van der Waals surface area contributed by atoms with E-state index in [4.69, 9.17) is 0 Å². The molecule has 0 spiro atoms. The van der Waals surface area contributed by atoms with E-state index in [1.165, 1.54) is 24.0 Å². The van der Waals surface area contributed by atoms with Crippen molar-refractivity contribution in [3.05, 3.63) is 47.0 Å². The van der Waals surface area contributed by atoms with Gasteiger partial charge in [-0.05, 0) is 43.9 Å². The van der Waals surface area contributed by atoms with Gasteiger partial charge in [-0.15, -0.1) is 0 Å². The smallest absolute Gasteiger partial charge is 0.0205 e. The van der Waals surface area contributed by atoms with Gasteiger partial charge in [0, 0.05) is 6.54 Å². The summed E-state index contributed by atoms with van der Waals surface area (Å²) in [6, 6.07) is 8.89. The quantitative estimate of drug-likeness (QED) is 0.550. The minimum Gasteiger partial charge on any atom is -0.312 e. The number of rotatable bonds is 7. The lowest BCUT2D eigenvalue weighted by molar-refractivity contribution is 0.676. The maximum absolute atomic E-state index is 3.50. The van der Waals surface area contributed by atoms with Crippen molar-refractivity contribution in [1.82, 2.24) is 5.32 Å². The van der Waals surface area contributed by atoms with Crippen molar-refractivity contribution in [3.63, 3.8) is 0 Å². The van der Waals surface area contributed by atoms with Crippen molar-refractivity contribution in [3.8, 4) is 0 Å². The third-order valence-corrected chi connectivity index (χ3v) is 3.25. The molecule has 0 atom stereocenters. The summed E-state index contributed by atoms with van der Waals surface area (Å²) in [5, 5.41) is 3.50. The van der Waals surface area contributed by atoms with Crippen LogP contribution in [0.2, 0.25) is 0 Å². The first-order valence-corrected chi connectivity index (χ1v) is 6.72. The zero-order chi connectivity index (χ0) is 12.5. The van der Waals surface area contributed by atoms with Gasteiger partial charge in [0.15, 0.2) is 0 Å². The average molecular weight is 231 g/mol. The van der Waals surface area contributed by atoms with Crippen LogP contribution in [0.25, 0.3) is 0 Å². The Labute approximate surface area is 106 Å². The molecule has 0 saturated carbocycles. The van der Waals surface area contributed by atoms with Crippen molar-refractivity contribution < 1.29 is 0 Å². The molecule has 17 heavy (non-hydrogen) atoms. The van der Waals surface area contributed by atoms with E-state index in [1.54, 1.807) is 5.57 Å². The van der Waals surface area contributed by atoms with E-state index in [2.05, 4.69) is 56.4 Å². The van der Waals surface area contributed by atoms with Gasteiger partial charge in [0.25, 0.3) is 0 Å². The first-order chi connectivity index (χ1) is 8.30. The third-order valence-electron chi connectivity index (χ3n) is 3.25. The predicted octanol–water partition coefficient (Wildman–Crippen LogP) is 4.09. The maximum Gasteiger partial charge on any atom is 0.0205 e. The molecule has 0 heterocycles. The molecule has 0 aliphatic rings. The summed E-state index contributed by atoms with van der Waals surface area (Å²) in [4.78, 5) is 0. The Morgan fingerprint density at radius 2 is 1.76 bits per heavy atom. The highest BCUT2D eigenvalue weighted by molar-refractivity contribution is 5.22. The van der Waals surface area contributed by atoms with Crippen LogP contribution in [0.3, 0.4) is 0 Å². The predicted molar refractivity (Wildman–Crippen MR) is 76.2 cm³/mol. The summed E-state index contributed by atoms with van der Waals surface area (Å²) in [7, 11) is 0. The first kappa shape index (κ1) is 14.0. The molecule has 0 radical (unpaired) electrons.